The van der Waals surface area contributed by atoms with Crippen molar-refractivity contribution in [3.05, 3.63) is 0 Å². The molecule has 3 heteroatoms. The average molecular weight is 268 g/mol. The maximum Gasteiger partial charge on any atom is 0.234 e. The van der Waals surface area contributed by atoms with Gasteiger partial charge in [-0.3, -0.25) is 4.79 Å². The largest absolute Gasteiger partial charge is 0.352 e. The lowest BCUT2D eigenvalue weighted by molar-refractivity contribution is -0.121. The second-order valence-corrected chi connectivity index (χ2v) is 6.26. The van der Waals surface area contributed by atoms with E-state index in [1.54, 1.807) is 0 Å². The number of nitrogens with one attached hydrogen (secondary N) is 2. The molecule has 1 aliphatic carbocycles. The van der Waals surface area contributed by atoms with Crippen molar-refractivity contribution in [3.63, 3.8) is 0 Å². The summed E-state index contributed by atoms with van der Waals surface area (Å²) in [5, 5.41) is 6.59. The number of carbonyl (C=O) groups excluding carboxylic acids is 1. The van der Waals surface area contributed by atoms with Crippen LogP contribution in [0, 0.1) is 11.8 Å². The fourth-order valence-corrected chi connectivity index (χ4v) is 3.21. The summed E-state index contributed by atoms with van der Waals surface area (Å²) in [6, 6.07) is 0.864. The first-order valence-corrected chi connectivity index (χ1v) is 8.11. The van der Waals surface area contributed by atoms with Crippen LogP contribution in [0.2, 0.25) is 0 Å². The Morgan fingerprint density at radius 1 is 1.16 bits per heavy atom. The fourth-order valence-electron chi connectivity index (χ4n) is 3.21. The van der Waals surface area contributed by atoms with Crippen molar-refractivity contribution in [2.24, 2.45) is 11.8 Å². The van der Waals surface area contributed by atoms with E-state index in [9.17, 15) is 4.79 Å². The van der Waals surface area contributed by atoms with E-state index in [1.807, 2.05) is 0 Å². The first-order chi connectivity index (χ1) is 9.08. The summed E-state index contributed by atoms with van der Waals surface area (Å²) in [4.78, 5) is 11.9. The van der Waals surface area contributed by atoms with Crippen LogP contribution in [0.4, 0.5) is 0 Å². The van der Waals surface area contributed by atoms with Crippen LogP contribution in [0.15, 0.2) is 0 Å². The predicted molar refractivity (Wildman–Crippen MR) is 81.1 cm³/mol. The Morgan fingerprint density at radius 2 is 1.79 bits per heavy atom. The highest BCUT2D eigenvalue weighted by molar-refractivity contribution is 5.78. The van der Waals surface area contributed by atoms with E-state index in [2.05, 4.69) is 38.3 Å². The maximum absolute atomic E-state index is 11.9. The van der Waals surface area contributed by atoms with E-state index >= 15 is 0 Å². The predicted octanol–water partition coefficient (Wildman–Crippen LogP) is 3.10. The van der Waals surface area contributed by atoms with Crippen molar-refractivity contribution >= 4 is 5.91 Å². The number of rotatable bonds is 7. The van der Waals surface area contributed by atoms with Crippen molar-refractivity contribution in [3.8, 4) is 0 Å². The molecule has 0 heterocycles. The van der Waals surface area contributed by atoms with Crippen LogP contribution in [0.1, 0.15) is 66.2 Å². The Kier molecular flexibility index (Phi) is 7.44. The van der Waals surface area contributed by atoms with E-state index < -0.39 is 0 Å². The second kappa shape index (κ2) is 8.57. The molecule has 3 nitrogen and oxygen atoms in total. The summed E-state index contributed by atoms with van der Waals surface area (Å²) < 4.78 is 0. The molecule has 0 aromatic heterocycles. The van der Waals surface area contributed by atoms with Crippen LogP contribution >= 0.6 is 0 Å². The highest BCUT2D eigenvalue weighted by atomic mass is 16.1. The first kappa shape index (κ1) is 16.5. The van der Waals surface area contributed by atoms with Crippen molar-refractivity contribution in [2.75, 3.05) is 6.54 Å². The summed E-state index contributed by atoms with van der Waals surface area (Å²) in [5.41, 5.74) is 0. The normalized spacial score (nSPS) is 23.9. The number of amides is 1. The first-order valence-electron chi connectivity index (χ1n) is 8.11. The molecular formula is C16H32N2O. The molecule has 0 aromatic carbocycles. The van der Waals surface area contributed by atoms with Gasteiger partial charge in [0.05, 0.1) is 6.54 Å². The van der Waals surface area contributed by atoms with E-state index in [4.69, 9.17) is 0 Å². The lowest BCUT2D eigenvalue weighted by atomic mass is 9.78. The highest BCUT2D eigenvalue weighted by Crippen LogP contribution is 2.29. The van der Waals surface area contributed by atoms with E-state index in [0.29, 0.717) is 24.5 Å². The molecule has 0 saturated heterocycles. The molecule has 1 aliphatic rings. The maximum atomic E-state index is 11.9. The molecule has 1 saturated carbocycles. The molecule has 1 rings (SSSR count). The van der Waals surface area contributed by atoms with E-state index in [0.717, 1.165) is 18.8 Å². The van der Waals surface area contributed by atoms with Crippen LogP contribution in [0.5, 0.6) is 0 Å². The molecule has 0 spiro atoms. The molecule has 2 unspecified atom stereocenters. The van der Waals surface area contributed by atoms with Gasteiger partial charge in [-0.2, -0.15) is 0 Å². The van der Waals surface area contributed by atoms with Gasteiger partial charge < -0.3 is 10.6 Å². The Morgan fingerprint density at radius 3 is 2.37 bits per heavy atom. The summed E-state index contributed by atoms with van der Waals surface area (Å²) in [6.07, 6.45) is 7.21. The van der Waals surface area contributed by atoms with E-state index in [-0.39, 0.29) is 5.91 Å². The molecule has 2 atom stereocenters. The SMILES string of the molecule is CCC(CC)NC(=O)CNC1CCCCC1C(C)C. The van der Waals surface area contributed by atoms with Gasteiger partial charge in [0.2, 0.25) is 5.91 Å². The Labute approximate surface area is 118 Å². The van der Waals surface area contributed by atoms with Gasteiger partial charge in [-0.05, 0) is 37.5 Å². The molecule has 0 aromatic rings. The van der Waals surface area contributed by atoms with E-state index in [1.165, 1.54) is 25.7 Å². The standard InChI is InChI=1S/C16H32N2O/c1-5-13(6-2)18-16(19)11-17-15-10-8-7-9-14(15)12(3)4/h12-15,17H,5-11H2,1-4H3,(H,18,19). The zero-order valence-electron chi connectivity index (χ0n) is 13.2. The summed E-state index contributed by atoms with van der Waals surface area (Å²) in [6.45, 7) is 9.32. The third-order valence-corrected chi connectivity index (χ3v) is 4.55. The summed E-state index contributed by atoms with van der Waals surface area (Å²) in [7, 11) is 0. The lowest BCUT2D eigenvalue weighted by Crippen LogP contribution is -2.47. The summed E-state index contributed by atoms with van der Waals surface area (Å²) in [5.74, 6) is 1.59. The van der Waals surface area contributed by atoms with Crippen molar-refractivity contribution in [1.82, 2.24) is 10.6 Å². The quantitative estimate of drug-likeness (QED) is 0.745. The zero-order valence-corrected chi connectivity index (χ0v) is 13.2. The molecule has 1 amide bonds. The minimum Gasteiger partial charge on any atom is -0.352 e. The third kappa shape index (κ3) is 5.52. The van der Waals surface area contributed by atoms with Crippen molar-refractivity contribution in [2.45, 2.75) is 78.3 Å². The molecule has 0 bridgehead atoms. The Hall–Kier alpha value is -0.570. The van der Waals surface area contributed by atoms with Crippen LogP contribution < -0.4 is 10.6 Å². The van der Waals surface area contributed by atoms with Gasteiger partial charge in [0.15, 0.2) is 0 Å². The fraction of sp³-hybridized carbons (Fsp3) is 0.938. The molecule has 112 valence electrons. The van der Waals surface area contributed by atoms with Gasteiger partial charge in [0.25, 0.3) is 0 Å². The smallest absolute Gasteiger partial charge is 0.234 e. The van der Waals surface area contributed by atoms with Crippen LogP contribution in [0.3, 0.4) is 0 Å². The molecule has 19 heavy (non-hydrogen) atoms. The Bertz CT molecular complexity index is 261. The van der Waals surface area contributed by atoms with Crippen molar-refractivity contribution < 1.29 is 4.79 Å². The second-order valence-electron chi connectivity index (χ2n) is 6.26. The molecule has 0 radical (unpaired) electrons. The molecule has 2 N–H and O–H groups in total. The van der Waals surface area contributed by atoms with Gasteiger partial charge in [-0.25, -0.2) is 0 Å². The van der Waals surface area contributed by atoms with Crippen LogP contribution in [-0.2, 0) is 4.79 Å². The van der Waals surface area contributed by atoms with Gasteiger partial charge in [-0.15, -0.1) is 0 Å². The molecular weight excluding hydrogens is 236 g/mol. The van der Waals surface area contributed by atoms with Crippen LogP contribution in [0.25, 0.3) is 0 Å². The average Bonchev–Trinajstić information content (AvgIpc) is 2.42. The third-order valence-electron chi connectivity index (χ3n) is 4.55. The minimum absolute atomic E-state index is 0.154. The Balaban J connectivity index is 2.35. The van der Waals surface area contributed by atoms with Crippen LogP contribution in [-0.4, -0.2) is 24.5 Å². The van der Waals surface area contributed by atoms with Gasteiger partial charge >= 0.3 is 0 Å². The monoisotopic (exact) mass is 268 g/mol. The lowest BCUT2D eigenvalue weighted by Gasteiger charge is -2.35. The minimum atomic E-state index is 0.154. The molecule has 1 fully saturated rings. The number of hydrogen-bond donors (Lipinski definition) is 2. The highest BCUT2D eigenvalue weighted by Gasteiger charge is 2.27. The molecule has 0 aliphatic heterocycles. The zero-order chi connectivity index (χ0) is 14.3. The number of carbonyl (C=O) groups is 1. The topological polar surface area (TPSA) is 41.1 Å². The van der Waals surface area contributed by atoms with Gasteiger partial charge in [0.1, 0.15) is 0 Å². The van der Waals surface area contributed by atoms with Gasteiger partial charge in [0, 0.05) is 12.1 Å². The number of hydrogen-bond acceptors (Lipinski definition) is 2. The summed E-state index contributed by atoms with van der Waals surface area (Å²) >= 11 is 0. The van der Waals surface area contributed by atoms with Crippen molar-refractivity contribution in [1.29, 1.82) is 0 Å². The van der Waals surface area contributed by atoms with Gasteiger partial charge in [-0.1, -0.05) is 40.5 Å².